The van der Waals surface area contributed by atoms with Crippen LogP contribution in [0.1, 0.15) is 12.0 Å². The number of hydrogen-bond acceptors (Lipinski definition) is 3. The first kappa shape index (κ1) is 13.5. The molecule has 1 aromatic carbocycles. The van der Waals surface area contributed by atoms with Crippen molar-refractivity contribution in [2.45, 2.75) is 13.0 Å². The van der Waals surface area contributed by atoms with Crippen molar-refractivity contribution in [1.82, 2.24) is 4.90 Å². The molecule has 3 nitrogen and oxygen atoms in total. The van der Waals surface area contributed by atoms with Crippen LogP contribution in [0, 0.1) is 11.7 Å². The third-order valence-corrected chi connectivity index (χ3v) is 3.95. The van der Waals surface area contributed by atoms with Gasteiger partial charge in [0.15, 0.2) is 0 Å². The number of esters is 1. The lowest BCUT2D eigenvalue weighted by atomic mass is 10.1. The van der Waals surface area contributed by atoms with Gasteiger partial charge in [-0.1, -0.05) is 22.0 Å². The van der Waals surface area contributed by atoms with E-state index in [-0.39, 0.29) is 17.7 Å². The number of halogens is 2. The molecule has 0 amide bonds. The van der Waals surface area contributed by atoms with E-state index in [4.69, 9.17) is 4.74 Å². The number of likely N-dealkylation sites (tertiary alicyclic amines) is 1. The summed E-state index contributed by atoms with van der Waals surface area (Å²) >= 11 is 3.35. The number of carbonyl (C=O) groups is 1. The van der Waals surface area contributed by atoms with Crippen molar-refractivity contribution in [2.75, 3.05) is 20.2 Å². The van der Waals surface area contributed by atoms with Gasteiger partial charge in [-0.05, 0) is 30.7 Å². The Kier molecular flexibility index (Phi) is 4.35. The third-order valence-electron chi connectivity index (χ3n) is 3.22. The molecule has 0 aromatic heterocycles. The molecule has 0 radical (unpaired) electrons. The Balaban J connectivity index is 1.97. The molecule has 2 rings (SSSR count). The van der Waals surface area contributed by atoms with Crippen molar-refractivity contribution >= 4 is 21.9 Å². The molecule has 0 bridgehead atoms. The zero-order valence-corrected chi connectivity index (χ0v) is 11.7. The van der Waals surface area contributed by atoms with Crippen LogP contribution in [0.25, 0.3) is 0 Å². The van der Waals surface area contributed by atoms with E-state index in [9.17, 15) is 9.18 Å². The summed E-state index contributed by atoms with van der Waals surface area (Å²) in [4.78, 5) is 13.6. The summed E-state index contributed by atoms with van der Waals surface area (Å²) in [7, 11) is 1.42. The van der Waals surface area contributed by atoms with Gasteiger partial charge < -0.3 is 4.74 Å². The van der Waals surface area contributed by atoms with Gasteiger partial charge in [0.25, 0.3) is 0 Å². The molecular weight excluding hydrogens is 301 g/mol. The Labute approximate surface area is 114 Å². The van der Waals surface area contributed by atoms with E-state index in [2.05, 4.69) is 20.8 Å². The third kappa shape index (κ3) is 3.09. The number of ether oxygens (including phenoxy) is 1. The zero-order chi connectivity index (χ0) is 13.1. The maximum Gasteiger partial charge on any atom is 0.310 e. The van der Waals surface area contributed by atoms with E-state index >= 15 is 0 Å². The SMILES string of the molecule is COC(=O)C1CCN(Cc2ccc(F)cc2Br)C1. The lowest BCUT2D eigenvalue weighted by Gasteiger charge is -2.16. The van der Waals surface area contributed by atoms with Crippen LogP contribution in [0.15, 0.2) is 22.7 Å². The highest BCUT2D eigenvalue weighted by Gasteiger charge is 2.29. The molecule has 1 aromatic rings. The first-order chi connectivity index (χ1) is 8.60. The molecule has 1 aliphatic rings. The number of methoxy groups -OCH3 is 1. The highest BCUT2D eigenvalue weighted by Crippen LogP contribution is 2.24. The number of rotatable bonds is 3. The quantitative estimate of drug-likeness (QED) is 0.803. The fourth-order valence-corrected chi connectivity index (χ4v) is 2.70. The maximum atomic E-state index is 13.0. The van der Waals surface area contributed by atoms with Crippen molar-refractivity contribution < 1.29 is 13.9 Å². The minimum absolute atomic E-state index is 0.0331. The fraction of sp³-hybridized carbons (Fsp3) is 0.462. The molecule has 1 fully saturated rings. The van der Waals surface area contributed by atoms with Gasteiger partial charge in [-0.2, -0.15) is 0 Å². The first-order valence-electron chi connectivity index (χ1n) is 5.84. The van der Waals surface area contributed by atoms with Crippen molar-refractivity contribution in [3.8, 4) is 0 Å². The Morgan fingerprint density at radius 1 is 1.61 bits per heavy atom. The maximum absolute atomic E-state index is 13.0. The second-order valence-corrected chi connectivity index (χ2v) is 5.33. The Morgan fingerprint density at radius 2 is 2.39 bits per heavy atom. The largest absolute Gasteiger partial charge is 0.469 e. The van der Waals surface area contributed by atoms with E-state index in [0.717, 1.165) is 23.0 Å². The summed E-state index contributed by atoms with van der Waals surface area (Å²) in [6, 6.07) is 4.68. The monoisotopic (exact) mass is 315 g/mol. The molecule has 5 heteroatoms. The molecule has 1 aliphatic heterocycles. The number of benzene rings is 1. The summed E-state index contributed by atoms with van der Waals surface area (Å²) in [6.07, 6.45) is 0.825. The van der Waals surface area contributed by atoms with Crippen LogP contribution in [-0.2, 0) is 16.1 Å². The van der Waals surface area contributed by atoms with Gasteiger partial charge in [-0.3, -0.25) is 9.69 Å². The second kappa shape index (κ2) is 5.80. The van der Waals surface area contributed by atoms with E-state index in [1.807, 2.05) is 0 Å². The number of nitrogens with zero attached hydrogens (tertiary/aromatic N) is 1. The van der Waals surface area contributed by atoms with Crippen molar-refractivity contribution in [1.29, 1.82) is 0 Å². The lowest BCUT2D eigenvalue weighted by Crippen LogP contribution is -2.23. The average molecular weight is 316 g/mol. The predicted octanol–water partition coefficient (Wildman–Crippen LogP) is 2.58. The van der Waals surface area contributed by atoms with E-state index < -0.39 is 0 Å². The van der Waals surface area contributed by atoms with Gasteiger partial charge in [0.2, 0.25) is 0 Å². The van der Waals surface area contributed by atoms with Crippen LogP contribution in [0.3, 0.4) is 0 Å². The topological polar surface area (TPSA) is 29.5 Å². The molecule has 98 valence electrons. The highest BCUT2D eigenvalue weighted by molar-refractivity contribution is 9.10. The Morgan fingerprint density at radius 3 is 3.06 bits per heavy atom. The number of carbonyl (C=O) groups excluding carboxylic acids is 1. The molecule has 1 heterocycles. The van der Waals surface area contributed by atoms with Gasteiger partial charge >= 0.3 is 5.97 Å². The summed E-state index contributed by atoms with van der Waals surface area (Å²) in [5.74, 6) is -0.427. The molecule has 18 heavy (non-hydrogen) atoms. The van der Waals surface area contributed by atoms with Crippen LogP contribution in [-0.4, -0.2) is 31.1 Å². The standard InChI is InChI=1S/C13H15BrFNO2/c1-18-13(17)10-4-5-16(8-10)7-9-2-3-11(15)6-12(9)14/h2-3,6,10H,4-5,7-8H2,1H3. The van der Waals surface area contributed by atoms with E-state index in [1.54, 1.807) is 6.07 Å². The molecule has 0 aliphatic carbocycles. The molecule has 1 saturated heterocycles. The highest BCUT2D eigenvalue weighted by atomic mass is 79.9. The van der Waals surface area contributed by atoms with Crippen molar-refractivity contribution in [3.63, 3.8) is 0 Å². The molecule has 1 unspecified atom stereocenters. The van der Waals surface area contributed by atoms with Crippen molar-refractivity contribution in [3.05, 3.63) is 34.1 Å². The van der Waals surface area contributed by atoms with Gasteiger partial charge in [0, 0.05) is 17.6 Å². The molecule has 0 spiro atoms. The van der Waals surface area contributed by atoms with Gasteiger partial charge in [-0.25, -0.2) is 4.39 Å². The van der Waals surface area contributed by atoms with Crippen molar-refractivity contribution in [2.24, 2.45) is 5.92 Å². The van der Waals surface area contributed by atoms with Crippen LogP contribution in [0.4, 0.5) is 4.39 Å². The molecular formula is C13H15BrFNO2. The van der Waals surface area contributed by atoms with E-state index in [1.165, 1.54) is 19.2 Å². The normalized spacial score (nSPS) is 20.1. The minimum atomic E-state index is -0.250. The van der Waals surface area contributed by atoms with Gasteiger partial charge in [-0.15, -0.1) is 0 Å². The zero-order valence-electron chi connectivity index (χ0n) is 10.2. The van der Waals surface area contributed by atoms with Gasteiger partial charge in [0.1, 0.15) is 5.82 Å². The summed E-state index contributed by atoms with van der Waals surface area (Å²) < 4.78 is 18.5. The van der Waals surface area contributed by atoms with Crippen LogP contribution in [0.5, 0.6) is 0 Å². The van der Waals surface area contributed by atoms with E-state index in [0.29, 0.717) is 13.1 Å². The van der Waals surface area contributed by atoms with Crippen LogP contribution < -0.4 is 0 Å². The first-order valence-corrected chi connectivity index (χ1v) is 6.63. The Bertz CT molecular complexity index is 453. The summed E-state index contributed by atoms with van der Waals surface area (Å²) in [6.45, 7) is 2.29. The fourth-order valence-electron chi connectivity index (χ4n) is 2.23. The lowest BCUT2D eigenvalue weighted by molar-refractivity contribution is -0.144. The van der Waals surface area contributed by atoms with Gasteiger partial charge in [0.05, 0.1) is 13.0 Å². The minimum Gasteiger partial charge on any atom is -0.469 e. The second-order valence-electron chi connectivity index (χ2n) is 4.48. The van der Waals surface area contributed by atoms with Crippen LogP contribution >= 0.6 is 15.9 Å². The average Bonchev–Trinajstić information content (AvgIpc) is 2.80. The van der Waals surface area contributed by atoms with Crippen LogP contribution in [0.2, 0.25) is 0 Å². The predicted molar refractivity (Wildman–Crippen MR) is 69.5 cm³/mol. The molecule has 0 N–H and O–H groups in total. The smallest absolute Gasteiger partial charge is 0.310 e. The molecule has 1 atom stereocenters. The molecule has 0 saturated carbocycles. The number of hydrogen-bond donors (Lipinski definition) is 0. The summed E-state index contributed by atoms with van der Waals surface area (Å²) in [5, 5.41) is 0. The summed E-state index contributed by atoms with van der Waals surface area (Å²) in [5.41, 5.74) is 1.03. The Hall–Kier alpha value is -0.940.